The van der Waals surface area contributed by atoms with Crippen molar-refractivity contribution in [1.82, 2.24) is 0 Å². The molecule has 2 aromatic rings. The van der Waals surface area contributed by atoms with Gasteiger partial charge in [-0.15, -0.1) is 0 Å². The van der Waals surface area contributed by atoms with Gasteiger partial charge in [-0.2, -0.15) is 0 Å². The molecule has 0 bridgehead atoms. The third-order valence-electron chi connectivity index (χ3n) is 2.68. The fourth-order valence-corrected chi connectivity index (χ4v) is 4.33. The van der Waals surface area contributed by atoms with Gasteiger partial charge in [-0.25, -0.2) is 0 Å². The summed E-state index contributed by atoms with van der Waals surface area (Å²) in [6.45, 7) is 0. The standard InChI is InChI=1S/C12H8BrClNOP/c13-7-1-3-10-9-4-2-8(16)6-11(9)15-17(14)12(10)5-7/h1-6,15-16H. The van der Waals surface area contributed by atoms with Crippen molar-refractivity contribution in [3.05, 3.63) is 40.9 Å². The van der Waals surface area contributed by atoms with Gasteiger partial charge in [0.15, 0.2) is 0 Å². The smallest absolute Gasteiger partial charge is 0.119 e. The monoisotopic (exact) mass is 327 g/mol. The molecule has 2 nitrogen and oxygen atoms in total. The largest absolute Gasteiger partial charge is 0.508 e. The van der Waals surface area contributed by atoms with Crippen molar-refractivity contribution in [2.45, 2.75) is 0 Å². The average molecular weight is 329 g/mol. The molecule has 0 fully saturated rings. The number of rotatable bonds is 0. The summed E-state index contributed by atoms with van der Waals surface area (Å²) in [5, 5.41) is 13.8. The summed E-state index contributed by atoms with van der Waals surface area (Å²) >= 11 is 9.80. The van der Waals surface area contributed by atoms with Crippen molar-refractivity contribution < 1.29 is 5.11 Å². The molecule has 0 saturated carbocycles. The first-order valence-electron chi connectivity index (χ1n) is 5.00. The summed E-state index contributed by atoms with van der Waals surface area (Å²) in [6.07, 6.45) is 0. The maximum Gasteiger partial charge on any atom is 0.119 e. The molecule has 0 saturated heterocycles. The number of aromatic hydroxyl groups is 1. The maximum atomic E-state index is 9.48. The minimum Gasteiger partial charge on any atom is -0.508 e. The fraction of sp³-hybridized carbons (Fsp3) is 0. The Hall–Kier alpha value is -0.760. The second kappa shape index (κ2) is 4.16. The Balaban J connectivity index is 2.26. The van der Waals surface area contributed by atoms with Crippen molar-refractivity contribution in [3.8, 4) is 16.9 Å². The molecule has 2 aromatic carbocycles. The number of hydrogen-bond donors (Lipinski definition) is 2. The number of hydrogen-bond acceptors (Lipinski definition) is 2. The van der Waals surface area contributed by atoms with Crippen LogP contribution in [0.2, 0.25) is 0 Å². The highest BCUT2D eigenvalue weighted by molar-refractivity contribution is 9.10. The molecule has 17 heavy (non-hydrogen) atoms. The number of nitrogens with one attached hydrogen (secondary N) is 1. The van der Waals surface area contributed by atoms with Gasteiger partial charge in [0.2, 0.25) is 0 Å². The van der Waals surface area contributed by atoms with Crippen LogP contribution in [0, 0.1) is 0 Å². The predicted molar refractivity (Wildman–Crippen MR) is 77.3 cm³/mol. The number of fused-ring (bicyclic) bond motifs is 3. The molecule has 1 aliphatic heterocycles. The topological polar surface area (TPSA) is 32.3 Å². The minimum atomic E-state index is -0.942. The first-order valence-corrected chi connectivity index (χ1v) is 8.04. The molecule has 0 spiro atoms. The van der Waals surface area contributed by atoms with Crippen molar-refractivity contribution in [1.29, 1.82) is 0 Å². The van der Waals surface area contributed by atoms with Crippen LogP contribution in [0.5, 0.6) is 5.75 Å². The average Bonchev–Trinajstić information content (AvgIpc) is 2.29. The number of phenols is 1. The van der Waals surface area contributed by atoms with Gasteiger partial charge >= 0.3 is 0 Å². The summed E-state index contributed by atoms with van der Waals surface area (Å²) < 4.78 is 1.02. The van der Waals surface area contributed by atoms with Crippen LogP contribution in [0.1, 0.15) is 0 Å². The molecule has 1 atom stereocenters. The van der Waals surface area contributed by atoms with E-state index >= 15 is 0 Å². The molecule has 0 amide bonds. The van der Waals surface area contributed by atoms with E-state index in [0.717, 1.165) is 26.6 Å². The van der Waals surface area contributed by atoms with Crippen LogP contribution >= 0.6 is 34.6 Å². The first-order chi connectivity index (χ1) is 8.15. The molecule has 2 N–H and O–H groups in total. The summed E-state index contributed by atoms with van der Waals surface area (Å²) in [4.78, 5) is 0. The Labute approximate surface area is 113 Å². The quantitative estimate of drug-likeness (QED) is 0.702. The van der Waals surface area contributed by atoms with Crippen LogP contribution in [0.25, 0.3) is 11.1 Å². The normalized spacial score (nSPS) is 16.9. The lowest BCUT2D eigenvalue weighted by atomic mass is 10.0. The van der Waals surface area contributed by atoms with Crippen LogP contribution in [0.4, 0.5) is 5.69 Å². The number of benzene rings is 2. The van der Waals surface area contributed by atoms with E-state index < -0.39 is 7.43 Å². The third kappa shape index (κ3) is 1.93. The zero-order valence-corrected chi connectivity index (χ0v) is 11.9. The molecule has 5 heteroatoms. The molecule has 3 rings (SSSR count). The molecule has 0 radical (unpaired) electrons. The van der Waals surface area contributed by atoms with Gasteiger partial charge in [0.05, 0.1) is 0 Å². The van der Waals surface area contributed by atoms with Crippen LogP contribution < -0.4 is 10.4 Å². The summed E-state index contributed by atoms with van der Waals surface area (Å²) in [7, 11) is -0.942. The van der Waals surface area contributed by atoms with Gasteiger partial charge in [0, 0.05) is 27.1 Å². The van der Waals surface area contributed by atoms with Gasteiger partial charge in [-0.3, -0.25) is 0 Å². The molecule has 1 unspecified atom stereocenters. The van der Waals surface area contributed by atoms with E-state index in [1.165, 1.54) is 0 Å². The Morgan fingerprint density at radius 2 is 1.88 bits per heavy atom. The molecule has 1 heterocycles. The second-order valence-corrected chi connectivity index (χ2v) is 6.98. The highest BCUT2D eigenvalue weighted by Crippen LogP contribution is 2.50. The fourth-order valence-electron chi connectivity index (χ4n) is 1.92. The van der Waals surface area contributed by atoms with Crippen LogP contribution in [0.15, 0.2) is 40.9 Å². The summed E-state index contributed by atoms with van der Waals surface area (Å²) in [6, 6.07) is 11.4. The third-order valence-corrected chi connectivity index (χ3v) is 5.21. The van der Waals surface area contributed by atoms with Crippen molar-refractivity contribution in [3.63, 3.8) is 0 Å². The molecular formula is C12H8BrClNOP. The van der Waals surface area contributed by atoms with Gasteiger partial charge in [0.1, 0.15) is 13.2 Å². The summed E-state index contributed by atoms with van der Waals surface area (Å²) in [5.74, 6) is 0.247. The van der Waals surface area contributed by atoms with E-state index in [0.29, 0.717) is 0 Å². The SMILES string of the molecule is Oc1ccc2c(c1)NP(Cl)c1cc(Br)ccc1-2. The first kappa shape index (κ1) is 11.3. The van der Waals surface area contributed by atoms with E-state index in [1.807, 2.05) is 24.3 Å². The molecular weight excluding hydrogens is 320 g/mol. The van der Waals surface area contributed by atoms with Crippen LogP contribution in [0.3, 0.4) is 0 Å². The van der Waals surface area contributed by atoms with Crippen molar-refractivity contribution in [2.24, 2.45) is 0 Å². The highest BCUT2D eigenvalue weighted by Gasteiger charge is 2.23. The molecule has 0 aromatic heterocycles. The number of halogens is 2. The van der Waals surface area contributed by atoms with Gasteiger partial charge in [-0.05, 0) is 29.8 Å². The van der Waals surface area contributed by atoms with E-state index in [1.54, 1.807) is 12.1 Å². The Morgan fingerprint density at radius 3 is 2.71 bits per heavy atom. The van der Waals surface area contributed by atoms with E-state index in [9.17, 15) is 5.11 Å². The lowest BCUT2D eigenvalue weighted by Gasteiger charge is -2.25. The lowest BCUT2D eigenvalue weighted by molar-refractivity contribution is 0.476. The van der Waals surface area contributed by atoms with E-state index in [4.69, 9.17) is 11.2 Å². The van der Waals surface area contributed by atoms with E-state index in [2.05, 4.69) is 21.0 Å². The minimum absolute atomic E-state index is 0.247. The Kier molecular flexibility index (Phi) is 2.78. The zero-order valence-electron chi connectivity index (χ0n) is 8.61. The maximum absolute atomic E-state index is 9.48. The van der Waals surface area contributed by atoms with Crippen molar-refractivity contribution >= 4 is 45.6 Å². The Bertz CT molecular complexity index is 605. The summed E-state index contributed by atoms with van der Waals surface area (Å²) in [5.41, 5.74) is 3.09. The van der Waals surface area contributed by atoms with Gasteiger partial charge in [-0.1, -0.05) is 33.2 Å². The van der Waals surface area contributed by atoms with Gasteiger partial charge < -0.3 is 10.2 Å². The second-order valence-electron chi connectivity index (χ2n) is 3.78. The van der Waals surface area contributed by atoms with Crippen LogP contribution in [-0.2, 0) is 0 Å². The predicted octanol–water partition coefficient (Wildman–Crippen LogP) is 4.42. The number of anilines is 1. The van der Waals surface area contributed by atoms with Crippen LogP contribution in [-0.4, -0.2) is 5.11 Å². The highest BCUT2D eigenvalue weighted by atomic mass is 79.9. The van der Waals surface area contributed by atoms with E-state index in [-0.39, 0.29) is 5.75 Å². The zero-order chi connectivity index (χ0) is 12.0. The molecule has 86 valence electrons. The number of phenolic OH excluding ortho intramolecular Hbond substituents is 1. The molecule has 1 aliphatic rings. The van der Waals surface area contributed by atoms with Crippen molar-refractivity contribution in [2.75, 3.05) is 5.09 Å². The lowest BCUT2D eigenvalue weighted by Crippen LogP contribution is -2.13. The Morgan fingerprint density at radius 1 is 1.12 bits per heavy atom. The molecule has 0 aliphatic carbocycles. The van der Waals surface area contributed by atoms with Gasteiger partial charge in [0.25, 0.3) is 0 Å².